The Morgan fingerprint density at radius 2 is 2.58 bits per heavy atom. The summed E-state index contributed by atoms with van der Waals surface area (Å²) in [4.78, 5) is 11.0. The first-order chi connectivity index (χ1) is 5.62. The Balaban J connectivity index is 2.61. The lowest BCUT2D eigenvalue weighted by atomic mass is 10.0. The van der Waals surface area contributed by atoms with Gasteiger partial charge in [-0.05, 0) is 0 Å². The molecule has 1 heterocycles. The molecule has 0 spiro atoms. The number of methoxy groups -OCH3 is 1. The summed E-state index contributed by atoms with van der Waals surface area (Å²) < 4.78 is 18.1. The number of halogens is 1. The van der Waals surface area contributed by atoms with Gasteiger partial charge in [-0.25, -0.2) is 4.39 Å². The van der Waals surface area contributed by atoms with Crippen molar-refractivity contribution in [2.24, 2.45) is 0 Å². The number of aliphatic hydroxyl groups excluding tert-OH is 1. The molecule has 2 atom stereocenters. The van der Waals surface area contributed by atoms with Gasteiger partial charge in [0, 0.05) is 13.5 Å². The van der Waals surface area contributed by atoms with Crippen LogP contribution in [0.3, 0.4) is 0 Å². The highest BCUT2D eigenvalue weighted by Gasteiger charge is 2.47. The Hall–Kier alpha value is -0.680. The quantitative estimate of drug-likeness (QED) is 0.594. The van der Waals surface area contributed by atoms with Crippen molar-refractivity contribution in [3.05, 3.63) is 0 Å². The molecule has 1 aliphatic rings. The maximum atomic E-state index is 13.5. The van der Waals surface area contributed by atoms with Gasteiger partial charge in [0.2, 0.25) is 5.67 Å². The van der Waals surface area contributed by atoms with E-state index in [1.54, 1.807) is 0 Å². The van der Waals surface area contributed by atoms with Crippen LogP contribution in [-0.2, 0) is 9.53 Å². The van der Waals surface area contributed by atoms with E-state index in [9.17, 15) is 9.18 Å². The molecule has 0 aliphatic carbocycles. The zero-order chi connectivity index (χ0) is 9.19. The van der Waals surface area contributed by atoms with E-state index in [0.717, 1.165) is 0 Å². The van der Waals surface area contributed by atoms with E-state index in [-0.39, 0.29) is 19.6 Å². The Kier molecular flexibility index (Phi) is 2.64. The minimum Gasteiger partial charge on any atom is -0.394 e. The van der Waals surface area contributed by atoms with Crippen LogP contribution >= 0.6 is 0 Å². The molecule has 1 aliphatic heterocycles. The fourth-order valence-corrected chi connectivity index (χ4v) is 1.31. The number of alkyl halides is 1. The molecule has 1 amide bonds. The van der Waals surface area contributed by atoms with E-state index in [4.69, 9.17) is 5.11 Å². The first-order valence-corrected chi connectivity index (χ1v) is 3.72. The van der Waals surface area contributed by atoms with Gasteiger partial charge >= 0.3 is 0 Å². The standard InChI is InChI=1S/C7H12FNO3/c1-12-4-7(8)2-5(3-10)9-6(7)11/h5,10H,2-4H2,1H3,(H,9,11)/t5-,7+/m0/s1. The number of ether oxygens (including phenoxy) is 1. The Bertz CT molecular complexity index is 187. The van der Waals surface area contributed by atoms with Crippen molar-refractivity contribution in [2.75, 3.05) is 20.3 Å². The minimum absolute atomic E-state index is 0.0177. The van der Waals surface area contributed by atoms with Crippen LogP contribution in [0.25, 0.3) is 0 Å². The molecule has 0 bridgehead atoms. The van der Waals surface area contributed by atoms with Crippen LogP contribution < -0.4 is 5.32 Å². The molecule has 0 saturated carbocycles. The second kappa shape index (κ2) is 3.37. The molecular weight excluding hydrogens is 165 g/mol. The fraction of sp³-hybridized carbons (Fsp3) is 0.857. The first kappa shape index (κ1) is 9.41. The summed E-state index contributed by atoms with van der Waals surface area (Å²) in [5.74, 6) is -0.691. The van der Waals surface area contributed by atoms with Gasteiger partial charge < -0.3 is 15.2 Å². The van der Waals surface area contributed by atoms with Crippen molar-refractivity contribution in [2.45, 2.75) is 18.1 Å². The summed E-state index contributed by atoms with van der Waals surface area (Å²) in [6.45, 7) is -0.490. The van der Waals surface area contributed by atoms with Gasteiger partial charge in [0.25, 0.3) is 5.91 Å². The lowest BCUT2D eigenvalue weighted by Gasteiger charge is -2.13. The zero-order valence-electron chi connectivity index (χ0n) is 6.84. The van der Waals surface area contributed by atoms with E-state index in [0.29, 0.717) is 0 Å². The Labute approximate surface area is 69.7 Å². The van der Waals surface area contributed by atoms with Crippen molar-refractivity contribution < 1.29 is 19.0 Å². The highest BCUT2D eigenvalue weighted by atomic mass is 19.1. The van der Waals surface area contributed by atoms with Crippen LogP contribution in [0.2, 0.25) is 0 Å². The average Bonchev–Trinajstić information content (AvgIpc) is 2.29. The van der Waals surface area contributed by atoms with Crippen molar-refractivity contribution >= 4 is 5.91 Å². The molecule has 12 heavy (non-hydrogen) atoms. The van der Waals surface area contributed by atoms with Gasteiger partial charge in [-0.3, -0.25) is 4.79 Å². The molecule has 0 radical (unpaired) electrons. The van der Waals surface area contributed by atoms with E-state index in [1.807, 2.05) is 0 Å². The second-order valence-electron chi connectivity index (χ2n) is 2.96. The predicted molar refractivity (Wildman–Crippen MR) is 39.3 cm³/mol. The van der Waals surface area contributed by atoms with E-state index in [2.05, 4.69) is 10.1 Å². The Morgan fingerprint density at radius 3 is 3.00 bits per heavy atom. The third-order valence-electron chi connectivity index (χ3n) is 1.91. The molecule has 1 fully saturated rings. The number of carbonyl (C=O) groups is 1. The normalized spacial score (nSPS) is 35.2. The van der Waals surface area contributed by atoms with Crippen LogP contribution in [0, 0.1) is 0 Å². The molecule has 4 nitrogen and oxygen atoms in total. The number of aliphatic hydroxyl groups is 1. The van der Waals surface area contributed by atoms with E-state index in [1.165, 1.54) is 7.11 Å². The average molecular weight is 177 g/mol. The molecule has 2 N–H and O–H groups in total. The monoisotopic (exact) mass is 177 g/mol. The van der Waals surface area contributed by atoms with Crippen LogP contribution in [0.1, 0.15) is 6.42 Å². The predicted octanol–water partition coefficient (Wildman–Crippen LogP) is -0.778. The van der Waals surface area contributed by atoms with E-state index < -0.39 is 17.6 Å². The van der Waals surface area contributed by atoms with Gasteiger partial charge in [-0.1, -0.05) is 0 Å². The van der Waals surface area contributed by atoms with Gasteiger partial charge in [0.1, 0.15) is 0 Å². The summed E-state index contributed by atoms with van der Waals surface area (Å²) >= 11 is 0. The van der Waals surface area contributed by atoms with Crippen LogP contribution in [0.4, 0.5) is 4.39 Å². The van der Waals surface area contributed by atoms with E-state index >= 15 is 0 Å². The fourth-order valence-electron chi connectivity index (χ4n) is 1.31. The molecular formula is C7H12FNO3. The van der Waals surface area contributed by atoms with Crippen molar-refractivity contribution in [1.29, 1.82) is 0 Å². The van der Waals surface area contributed by atoms with Crippen LogP contribution in [0.15, 0.2) is 0 Å². The van der Waals surface area contributed by atoms with Crippen molar-refractivity contribution in [3.8, 4) is 0 Å². The van der Waals surface area contributed by atoms with Crippen LogP contribution in [-0.4, -0.2) is 43.0 Å². The van der Waals surface area contributed by atoms with Gasteiger partial charge in [-0.2, -0.15) is 0 Å². The van der Waals surface area contributed by atoms with Gasteiger partial charge in [0.15, 0.2) is 0 Å². The smallest absolute Gasteiger partial charge is 0.260 e. The molecule has 0 aromatic heterocycles. The lowest BCUT2D eigenvalue weighted by molar-refractivity contribution is -0.132. The van der Waals surface area contributed by atoms with Gasteiger partial charge in [0.05, 0.1) is 19.3 Å². The van der Waals surface area contributed by atoms with Gasteiger partial charge in [-0.15, -0.1) is 0 Å². The third kappa shape index (κ3) is 1.56. The molecule has 0 aromatic rings. The molecule has 0 unspecified atom stereocenters. The highest BCUT2D eigenvalue weighted by molar-refractivity contribution is 5.87. The number of carbonyl (C=O) groups excluding carboxylic acids is 1. The zero-order valence-corrected chi connectivity index (χ0v) is 6.84. The molecule has 5 heteroatoms. The summed E-state index contributed by atoms with van der Waals surface area (Å²) in [7, 11) is 1.33. The summed E-state index contributed by atoms with van der Waals surface area (Å²) in [5, 5.41) is 11.0. The largest absolute Gasteiger partial charge is 0.394 e. The Morgan fingerprint density at radius 1 is 1.92 bits per heavy atom. The first-order valence-electron chi connectivity index (χ1n) is 3.72. The minimum atomic E-state index is -1.96. The molecule has 0 aromatic carbocycles. The molecule has 1 saturated heterocycles. The topological polar surface area (TPSA) is 58.6 Å². The number of hydrogen-bond acceptors (Lipinski definition) is 3. The molecule has 1 rings (SSSR count). The maximum absolute atomic E-state index is 13.5. The number of amides is 1. The lowest BCUT2D eigenvalue weighted by Crippen LogP contribution is -2.38. The van der Waals surface area contributed by atoms with Crippen molar-refractivity contribution in [1.82, 2.24) is 5.32 Å². The molecule has 70 valence electrons. The second-order valence-corrected chi connectivity index (χ2v) is 2.96. The number of hydrogen-bond donors (Lipinski definition) is 2. The highest BCUT2D eigenvalue weighted by Crippen LogP contribution is 2.25. The van der Waals surface area contributed by atoms with Crippen molar-refractivity contribution in [3.63, 3.8) is 0 Å². The SMILES string of the molecule is COC[C@]1(F)C[C@@H](CO)NC1=O. The summed E-state index contributed by atoms with van der Waals surface area (Å²) in [6.07, 6.45) is -0.0177. The maximum Gasteiger partial charge on any atom is 0.260 e. The van der Waals surface area contributed by atoms with Crippen LogP contribution in [0.5, 0.6) is 0 Å². The number of nitrogens with one attached hydrogen (secondary N) is 1. The summed E-state index contributed by atoms with van der Waals surface area (Å²) in [6, 6.07) is -0.474. The number of rotatable bonds is 3. The summed E-state index contributed by atoms with van der Waals surface area (Å²) in [5.41, 5.74) is -1.96. The third-order valence-corrected chi connectivity index (χ3v) is 1.91.